The van der Waals surface area contributed by atoms with Crippen LogP contribution < -0.4 is 15.1 Å². The van der Waals surface area contributed by atoms with Gasteiger partial charge in [-0.25, -0.2) is 5.48 Å². The first-order valence-corrected chi connectivity index (χ1v) is 12.7. The number of anilines is 1. The van der Waals surface area contributed by atoms with Gasteiger partial charge in [0.25, 0.3) is 0 Å². The number of carbonyl (C=O) groups excluding carboxylic acids is 2. The van der Waals surface area contributed by atoms with Crippen molar-refractivity contribution in [2.75, 3.05) is 4.90 Å². The molecule has 2 N–H and O–H groups in total. The smallest absolute Gasteiger partial charge is 0.471 e. The van der Waals surface area contributed by atoms with E-state index in [2.05, 4.69) is 4.98 Å². The molecule has 4 rings (SSSR count). The molecule has 1 aromatic heterocycles. The Morgan fingerprint density at radius 2 is 1.75 bits per heavy atom. The summed E-state index contributed by atoms with van der Waals surface area (Å²) in [6.45, 7) is 8.46. The number of aryl methyl sites for hydroxylation is 1. The summed E-state index contributed by atoms with van der Waals surface area (Å²) >= 11 is 0. The predicted octanol–water partition coefficient (Wildman–Crippen LogP) is 5.63. The molecule has 214 valence electrons. The van der Waals surface area contributed by atoms with E-state index in [0.717, 1.165) is 22.2 Å². The summed E-state index contributed by atoms with van der Waals surface area (Å²) < 4.78 is 54.0. The zero-order valence-corrected chi connectivity index (χ0v) is 22.9. The average Bonchev–Trinajstić information content (AvgIpc) is 3.05. The molecule has 2 aromatic carbocycles. The predicted molar refractivity (Wildman–Crippen MR) is 142 cm³/mol. The molecule has 1 unspecified atom stereocenters. The van der Waals surface area contributed by atoms with E-state index in [4.69, 9.17) is 9.47 Å². The Kier molecular flexibility index (Phi) is 7.59. The summed E-state index contributed by atoms with van der Waals surface area (Å²) in [5.41, 5.74) is -0.250. The van der Waals surface area contributed by atoms with Crippen molar-refractivity contribution >= 4 is 28.4 Å². The molecule has 1 atom stereocenters. The van der Waals surface area contributed by atoms with Crippen molar-refractivity contribution in [1.29, 1.82) is 0 Å². The second-order valence-electron chi connectivity index (χ2n) is 11.2. The number of hydroxylamine groups is 1. The van der Waals surface area contributed by atoms with E-state index in [0.29, 0.717) is 10.6 Å². The molecule has 0 spiro atoms. The first kappa shape index (κ1) is 29.3. The Hall–Kier alpha value is -3.70. The van der Waals surface area contributed by atoms with Gasteiger partial charge in [-0.15, -0.1) is 0 Å². The van der Waals surface area contributed by atoms with Crippen LogP contribution in [0, 0.1) is 6.92 Å². The van der Waals surface area contributed by atoms with Gasteiger partial charge in [0.15, 0.2) is 0 Å². The molecule has 11 heteroatoms. The molecular weight excluding hydrogens is 527 g/mol. The number of benzene rings is 2. The summed E-state index contributed by atoms with van der Waals surface area (Å²) in [4.78, 5) is 30.5. The van der Waals surface area contributed by atoms with Crippen LogP contribution in [0.2, 0.25) is 0 Å². The molecule has 8 nitrogen and oxygen atoms in total. The number of hydrogen-bond donors (Lipinski definition) is 2. The summed E-state index contributed by atoms with van der Waals surface area (Å²) in [6.07, 6.45) is -5.98. The van der Waals surface area contributed by atoms with E-state index in [1.807, 2.05) is 37.3 Å². The summed E-state index contributed by atoms with van der Waals surface area (Å²) in [5, 5.41) is 10.2. The van der Waals surface area contributed by atoms with Crippen LogP contribution in [0.3, 0.4) is 0 Å². The standard InChI is InChI=1S/C29H32F3N3O5/c1-18-14-19(22-8-6-7-9-23(22)33-18)16-39-21-12-10-20(11-13-21)35(25(37)29(30,31)32)28(15-24(36)34-38)17-26(2,3)40-27(28,4)5/h6-14,38H,15-17H2,1-5H3,(H,34,36). The summed E-state index contributed by atoms with van der Waals surface area (Å²) in [7, 11) is 0. The number of para-hydroxylation sites is 1. The third-order valence-electron chi connectivity index (χ3n) is 7.24. The summed E-state index contributed by atoms with van der Waals surface area (Å²) in [6, 6.07) is 15.1. The number of nitrogens with zero attached hydrogens (tertiary/aromatic N) is 2. The molecule has 0 radical (unpaired) electrons. The first-order chi connectivity index (χ1) is 18.6. The lowest BCUT2D eigenvalue weighted by atomic mass is 9.74. The minimum absolute atomic E-state index is 0.0972. The number of alkyl halides is 3. The lowest BCUT2D eigenvalue weighted by Gasteiger charge is -2.47. The van der Waals surface area contributed by atoms with Crippen LogP contribution in [0.4, 0.5) is 18.9 Å². The van der Waals surface area contributed by atoms with Crippen LogP contribution in [0.15, 0.2) is 54.6 Å². The molecule has 2 amide bonds. The van der Waals surface area contributed by atoms with Gasteiger partial charge in [0.2, 0.25) is 5.91 Å². The molecule has 1 saturated heterocycles. The van der Waals surface area contributed by atoms with E-state index in [-0.39, 0.29) is 18.7 Å². The largest absolute Gasteiger partial charge is 0.489 e. The van der Waals surface area contributed by atoms with E-state index in [1.165, 1.54) is 43.6 Å². The maximum atomic E-state index is 14.0. The Morgan fingerprint density at radius 3 is 2.33 bits per heavy atom. The second-order valence-corrected chi connectivity index (χ2v) is 11.2. The molecule has 1 aliphatic heterocycles. The fourth-order valence-electron chi connectivity index (χ4n) is 5.80. The van der Waals surface area contributed by atoms with Crippen molar-refractivity contribution < 1.29 is 37.4 Å². The molecular formula is C29H32F3N3O5. The van der Waals surface area contributed by atoms with Crippen LogP contribution in [0.1, 0.15) is 51.8 Å². The Balaban J connectivity index is 1.72. The van der Waals surface area contributed by atoms with Gasteiger partial charge in [-0.2, -0.15) is 13.2 Å². The third kappa shape index (κ3) is 5.62. The number of aromatic nitrogens is 1. The number of fused-ring (bicyclic) bond motifs is 1. The van der Waals surface area contributed by atoms with Crippen molar-refractivity contribution in [3.8, 4) is 5.75 Å². The third-order valence-corrected chi connectivity index (χ3v) is 7.24. The van der Waals surface area contributed by atoms with Crippen molar-refractivity contribution in [2.24, 2.45) is 0 Å². The highest BCUT2D eigenvalue weighted by molar-refractivity contribution is 6.00. The van der Waals surface area contributed by atoms with Gasteiger partial charge in [0.05, 0.1) is 28.7 Å². The highest BCUT2D eigenvalue weighted by atomic mass is 19.4. The first-order valence-electron chi connectivity index (χ1n) is 12.7. The van der Waals surface area contributed by atoms with Gasteiger partial charge in [0, 0.05) is 28.8 Å². The van der Waals surface area contributed by atoms with Crippen LogP contribution in [-0.4, -0.2) is 44.9 Å². The number of ether oxygens (including phenoxy) is 2. The zero-order valence-electron chi connectivity index (χ0n) is 22.9. The monoisotopic (exact) mass is 559 g/mol. The van der Waals surface area contributed by atoms with Gasteiger partial charge in [-0.1, -0.05) is 18.2 Å². The number of rotatable bonds is 7. The van der Waals surface area contributed by atoms with Crippen molar-refractivity contribution in [3.05, 3.63) is 65.9 Å². The van der Waals surface area contributed by atoms with E-state index in [1.54, 1.807) is 13.8 Å². The van der Waals surface area contributed by atoms with Crippen LogP contribution in [-0.2, 0) is 20.9 Å². The number of pyridine rings is 1. The number of amides is 2. The summed E-state index contributed by atoms with van der Waals surface area (Å²) in [5.74, 6) is -2.74. The zero-order chi connectivity index (χ0) is 29.5. The van der Waals surface area contributed by atoms with E-state index < -0.39 is 41.2 Å². The quantitative estimate of drug-likeness (QED) is 0.288. The maximum Gasteiger partial charge on any atom is 0.471 e. The maximum absolute atomic E-state index is 14.0. The normalized spacial score (nSPS) is 19.8. The number of carbonyl (C=O) groups is 2. The van der Waals surface area contributed by atoms with Gasteiger partial charge >= 0.3 is 12.1 Å². The number of nitrogens with one attached hydrogen (secondary N) is 1. The number of halogens is 3. The van der Waals surface area contributed by atoms with Crippen LogP contribution in [0.5, 0.6) is 5.75 Å². The van der Waals surface area contributed by atoms with Crippen LogP contribution >= 0.6 is 0 Å². The van der Waals surface area contributed by atoms with Gasteiger partial charge in [-0.3, -0.25) is 24.7 Å². The van der Waals surface area contributed by atoms with Crippen molar-refractivity contribution in [3.63, 3.8) is 0 Å². The van der Waals surface area contributed by atoms with Crippen molar-refractivity contribution in [2.45, 2.75) is 77.0 Å². The Labute approximate surface area is 230 Å². The van der Waals surface area contributed by atoms with Crippen LogP contribution in [0.25, 0.3) is 10.9 Å². The highest BCUT2D eigenvalue weighted by Gasteiger charge is 2.65. The highest BCUT2D eigenvalue weighted by Crippen LogP contribution is 2.52. The average molecular weight is 560 g/mol. The minimum Gasteiger partial charge on any atom is -0.489 e. The molecule has 0 aliphatic carbocycles. The molecule has 3 aromatic rings. The topological polar surface area (TPSA) is 101 Å². The lowest BCUT2D eigenvalue weighted by molar-refractivity contribution is -0.173. The molecule has 1 fully saturated rings. The van der Waals surface area contributed by atoms with Gasteiger partial charge in [-0.05, 0) is 71.0 Å². The van der Waals surface area contributed by atoms with Crippen molar-refractivity contribution in [1.82, 2.24) is 10.5 Å². The molecule has 0 bridgehead atoms. The van der Waals surface area contributed by atoms with Gasteiger partial charge in [0.1, 0.15) is 12.4 Å². The molecule has 0 saturated carbocycles. The van der Waals surface area contributed by atoms with Gasteiger partial charge < -0.3 is 9.47 Å². The molecule has 2 heterocycles. The van der Waals surface area contributed by atoms with E-state index in [9.17, 15) is 28.0 Å². The fourth-order valence-corrected chi connectivity index (χ4v) is 5.80. The minimum atomic E-state index is -5.25. The fraction of sp³-hybridized carbons (Fsp3) is 0.414. The number of hydrogen-bond acceptors (Lipinski definition) is 6. The lowest BCUT2D eigenvalue weighted by Crippen LogP contribution is -2.65. The molecule has 40 heavy (non-hydrogen) atoms. The van der Waals surface area contributed by atoms with E-state index >= 15 is 0 Å². The second kappa shape index (κ2) is 10.4. The Morgan fingerprint density at radius 1 is 1.10 bits per heavy atom. The molecule has 1 aliphatic rings. The SMILES string of the molecule is Cc1cc(COc2ccc(N(C(=O)C(F)(F)F)C3(CC(=O)NO)CC(C)(C)OC3(C)C)cc2)c2ccccc2n1. The Bertz CT molecular complexity index is 1420.